The predicted octanol–water partition coefficient (Wildman–Crippen LogP) is 1.37. The van der Waals surface area contributed by atoms with Crippen LogP contribution in [0.5, 0.6) is 0 Å². The van der Waals surface area contributed by atoms with Crippen molar-refractivity contribution in [2.75, 3.05) is 39.7 Å². The molecule has 1 aliphatic carbocycles. The molecule has 1 saturated heterocycles. The maximum absolute atomic E-state index is 12.1. The third-order valence-electron chi connectivity index (χ3n) is 5.61. The molecule has 1 N–H and O–H groups in total. The molecular weight excluding hydrogens is 380 g/mol. The van der Waals surface area contributed by atoms with Crippen LogP contribution in [-0.4, -0.2) is 70.5 Å². The van der Waals surface area contributed by atoms with Gasteiger partial charge in [0.15, 0.2) is 9.84 Å². The zero-order valence-electron chi connectivity index (χ0n) is 16.6. The van der Waals surface area contributed by atoms with Gasteiger partial charge in [0, 0.05) is 33.0 Å². The normalized spacial score (nSPS) is 26.3. The molecule has 0 radical (unpaired) electrons. The molecule has 3 rings (SSSR count). The quantitative estimate of drug-likeness (QED) is 0.762. The van der Waals surface area contributed by atoms with Crippen molar-refractivity contribution in [1.82, 2.24) is 10.2 Å². The van der Waals surface area contributed by atoms with Gasteiger partial charge >= 0.3 is 0 Å². The van der Waals surface area contributed by atoms with Crippen LogP contribution < -0.4 is 5.32 Å². The summed E-state index contributed by atoms with van der Waals surface area (Å²) < 4.78 is 34.9. The monoisotopic (exact) mass is 410 g/mol. The maximum Gasteiger partial charge on any atom is 0.246 e. The number of nitrogens with one attached hydrogen (secondary N) is 1. The largest absolute Gasteiger partial charge is 0.375 e. The second kappa shape index (κ2) is 8.90. The van der Waals surface area contributed by atoms with E-state index in [-0.39, 0.29) is 18.6 Å². The molecule has 1 aromatic carbocycles. The summed E-state index contributed by atoms with van der Waals surface area (Å²) in [5, 5.41) is 3.10. The number of morpholine rings is 1. The fraction of sp³-hybridized carbons (Fsp3) is 0.650. The fourth-order valence-electron chi connectivity index (χ4n) is 4.29. The SMILES string of the molecule is COCC(=O)N[C@@H]1CCCC[C@@]12CN(Cc1cccc(S(C)(=O)=O)c1)CCO2. The number of carbonyl (C=O) groups excluding carboxylic acids is 1. The van der Waals surface area contributed by atoms with Crippen LogP contribution in [0.3, 0.4) is 0 Å². The first-order valence-electron chi connectivity index (χ1n) is 9.76. The number of amides is 1. The fourth-order valence-corrected chi connectivity index (χ4v) is 4.98. The van der Waals surface area contributed by atoms with Gasteiger partial charge < -0.3 is 14.8 Å². The first-order valence-corrected chi connectivity index (χ1v) is 11.7. The Morgan fingerprint density at radius 2 is 2.21 bits per heavy atom. The van der Waals surface area contributed by atoms with E-state index in [1.807, 2.05) is 6.07 Å². The number of hydrogen-bond donors (Lipinski definition) is 1. The number of benzene rings is 1. The minimum atomic E-state index is -3.22. The second-order valence-corrected chi connectivity index (χ2v) is 9.86. The van der Waals surface area contributed by atoms with Crippen LogP contribution in [0, 0.1) is 0 Å². The molecule has 1 spiro atoms. The van der Waals surface area contributed by atoms with Crippen molar-refractivity contribution < 1.29 is 22.7 Å². The highest BCUT2D eigenvalue weighted by atomic mass is 32.2. The van der Waals surface area contributed by atoms with E-state index in [1.54, 1.807) is 18.2 Å². The zero-order valence-corrected chi connectivity index (χ0v) is 17.5. The zero-order chi connectivity index (χ0) is 20.2. The van der Waals surface area contributed by atoms with Crippen LogP contribution in [-0.2, 0) is 30.7 Å². The number of sulfone groups is 1. The van der Waals surface area contributed by atoms with Crippen molar-refractivity contribution in [2.24, 2.45) is 0 Å². The third-order valence-corrected chi connectivity index (χ3v) is 6.72. The number of nitrogens with zero attached hydrogens (tertiary/aromatic N) is 1. The molecule has 0 unspecified atom stereocenters. The van der Waals surface area contributed by atoms with Crippen LogP contribution in [0.15, 0.2) is 29.2 Å². The number of rotatable bonds is 6. The van der Waals surface area contributed by atoms with Gasteiger partial charge in [0.25, 0.3) is 0 Å². The van der Waals surface area contributed by atoms with Gasteiger partial charge in [-0.15, -0.1) is 0 Å². The van der Waals surface area contributed by atoms with Crippen molar-refractivity contribution in [3.05, 3.63) is 29.8 Å². The van der Waals surface area contributed by atoms with E-state index in [4.69, 9.17) is 9.47 Å². The van der Waals surface area contributed by atoms with Crippen molar-refractivity contribution >= 4 is 15.7 Å². The van der Waals surface area contributed by atoms with Gasteiger partial charge in [-0.3, -0.25) is 9.69 Å². The van der Waals surface area contributed by atoms with Gasteiger partial charge in [-0.1, -0.05) is 25.0 Å². The lowest BCUT2D eigenvalue weighted by atomic mass is 9.78. The smallest absolute Gasteiger partial charge is 0.246 e. The van der Waals surface area contributed by atoms with Gasteiger partial charge in [0.05, 0.1) is 17.5 Å². The van der Waals surface area contributed by atoms with Gasteiger partial charge in [-0.05, 0) is 30.5 Å². The van der Waals surface area contributed by atoms with Gasteiger partial charge in [-0.25, -0.2) is 8.42 Å². The molecule has 1 aromatic rings. The Hall–Kier alpha value is -1.48. The van der Waals surface area contributed by atoms with Crippen LogP contribution in [0.4, 0.5) is 0 Å². The highest BCUT2D eigenvalue weighted by Crippen LogP contribution is 2.35. The van der Waals surface area contributed by atoms with Crippen LogP contribution in [0.2, 0.25) is 0 Å². The Bertz CT molecular complexity index is 794. The molecule has 1 aliphatic heterocycles. The molecule has 7 nitrogen and oxygen atoms in total. The van der Waals surface area contributed by atoms with Crippen molar-refractivity contribution in [3.8, 4) is 0 Å². The van der Waals surface area contributed by atoms with Gasteiger partial charge in [0.1, 0.15) is 12.2 Å². The molecule has 156 valence electrons. The minimum Gasteiger partial charge on any atom is -0.375 e. The molecule has 1 amide bonds. The van der Waals surface area contributed by atoms with Crippen molar-refractivity contribution in [1.29, 1.82) is 0 Å². The number of methoxy groups -OCH3 is 1. The van der Waals surface area contributed by atoms with Crippen molar-refractivity contribution in [2.45, 2.75) is 48.8 Å². The first kappa shape index (κ1) is 21.2. The van der Waals surface area contributed by atoms with E-state index >= 15 is 0 Å². The summed E-state index contributed by atoms with van der Waals surface area (Å²) in [5.41, 5.74) is 0.574. The lowest BCUT2D eigenvalue weighted by Gasteiger charge is -2.49. The summed E-state index contributed by atoms with van der Waals surface area (Å²) in [4.78, 5) is 14.7. The summed E-state index contributed by atoms with van der Waals surface area (Å²) >= 11 is 0. The molecule has 1 heterocycles. The Morgan fingerprint density at radius 3 is 2.96 bits per heavy atom. The Balaban J connectivity index is 1.72. The lowest BCUT2D eigenvalue weighted by Crippen LogP contribution is -2.64. The molecule has 0 bridgehead atoms. The number of hydrogen-bond acceptors (Lipinski definition) is 6. The van der Waals surface area contributed by atoms with E-state index in [1.165, 1.54) is 13.4 Å². The lowest BCUT2D eigenvalue weighted by molar-refractivity contribution is -0.152. The number of ether oxygens (including phenoxy) is 2. The Kier molecular flexibility index (Phi) is 6.75. The van der Waals surface area contributed by atoms with E-state index in [0.29, 0.717) is 24.6 Å². The molecule has 2 atom stereocenters. The maximum atomic E-state index is 12.1. The highest BCUT2D eigenvalue weighted by Gasteiger charge is 2.45. The van der Waals surface area contributed by atoms with E-state index in [0.717, 1.165) is 37.8 Å². The molecule has 2 fully saturated rings. The highest BCUT2D eigenvalue weighted by molar-refractivity contribution is 7.90. The first-order chi connectivity index (χ1) is 13.3. The summed E-state index contributed by atoms with van der Waals surface area (Å²) in [6.07, 6.45) is 5.18. The molecule has 8 heteroatoms. The summed E-state index contributed by atoms with van der Waals surface area (Å²) in [6, 6.07) is 7.08. The Morgan fingerprint density at radius 1 is 1.39 bits per heavy atom. The van der Waals surface area contributed by atoms with E-state index in [9.17, 15) is 13.2 Å². The molecule has 0 aromatic heterocycles. The number of carbonyl (C=O) groups is 1. The summed E-state index contributed by atoms with van der Waals surface area (Å²) in [6.45, 7) is 2.81. The standard InChI is InChI=1S/C20H30N2O5S/c1-26-14-19(23)21-18-8-3-4-9-20(18)15-22(10-11-27-20)13-16-6-5-7-17(12-16)28(2,24)25/h5-7,12,18H,3-4,8-11,13-15H2,1-2H3,(H,21,23)/t18-,20-/m1/s1. The molecular formula is C20H30N2O5S. The van der Waals surface area contributed by atoms with E-state index in [2.05, 4.69) is 10.2 Å². The van der Waals surface area contributed by atoms with Crippen LogP contribution in [0.25, 0.3) is 0 Å². The average Bonchev–Trinajstić information content (AvgIpc) is 2.64. The molecule has 1 saturated carbocycles. The third kappa shape index (κ3) is 5.11. The Labute approximate surface area is 167 Å². The second-order valence-electron chi connectivity index (χ2n) is 7.84. The van der Waals surface area contributed by atoms with Crippen LogP contribution in [0.1, 0.15) is 31.2 Å². The molecule has 2 aliphatic rings. The van der Waals surface area contributed by atoms with Crippen molar-refractivity contribution in [3.63, 3.8) is 0 Å². The van der Waals surface area contributed by atoms with Crippen LogP contribution >= 0.6 is 0 Å². The van der Waals surface area contributed by atoms with Gasteiger partial charge in [0.2, 0.25) is 5.91 Å². The van der Waals surface area contributed by atoms with E-state index < -0.39 is 15.4 Å². The summed E-state index contributed by atoms with van der Waals surface area (Å²) in [5.74, 6) is -0.115. The molecule has 28 heavy (non-hydrogen) atoms. The summed E-state index contributed by atoms with van der Waals surface area (Å²) in [7, 11) is -1.71. The predicted molar refractivity (Wildman–Crippen MR) is 106 cm³/mol. The minimum absolute atomic E-state index is 0.0333. The topological polar surface area (TPSA) is 84.9 Å². The van der Waals surface area contributed by atoms with Gasteiger partial charge in [-0.2, -0.15) is 0 Å². The average molecular weight is 411 g/mol.